The van der Waals surface area contributed by atoms with Gasteiger partial charge in [0.25, 0.3) is 11.3 Å². The molecule has 0 aliphatic carbocycles. The molecule has 4 rings (SSSR count). The van der Waals surface area contributed by atoms with Gasteiger partial charge in [0.2, 0.25) is 5.91 Å². The predicted molar refractivity (Wildman–Crippen MR) is 128 cm³/mol. The van der Waals surface area contributed by atoms with Gasteiger partial charge in [-0.1, -0.05) is 24.3 Å². The van der Waals surface area contributed by atoms with Gasteiger partial charge in [-0.05, 0) is 60.0 Å². The number of carbonyl (C=O) groups excluding carboxylic acids is 2. The topological polar surface area (TPSA) is 98.1 Å². The highest BCUT2D eigenvalue weighted by Gasteiger charge is 2.31. The van der Waals surface area contributed by atoms with Gasteiger partial charge in [-0.3, -0.25) is 14.4 Å². The Hall–Kier alpha value is -4.27. The molecule has 0 bridgehead atoms. The second kappa shape index (κ2) is 10.2. The fourth-order valence-electron chi connectivity index (χ4n) is 4.30. The van der Waals surface area contributed by atoms with Crippen molar-refractivity contribution < 1.29 is 28.6 Å². The van der Waals surface area contributed by atoms with Crippen LogP contribution in [-0.4, -0.2) is 58.0 Å². The van der Waals surface area contributed by atoms with Crippen molar-refractivity contribution in [3.8, 4) is 11.5 Å². The molecule has 3 aromatic carbocycles. The smallest absolute Gasteiger partial charge is 0.261 e. The quantitative estimate of drug-likeness (QED) is 0.581. The molecule has 0 unspecified atom stereocenters. The number of nitrogens with zero attached hydrogens (tertiary/aromatic N) is 2. The summed E-state index contributed by atoms with van der Waals surface area (Å²) in [4.78, 5) is 41.6. The van der Waals surface area contributed by atoms with Crippen LogP contribution in [0.25, 0.3) is 0 Å². The van der Waals surface area contributed by atoms with Crippen LogP contribution >= 0.6 is 0 Å². The molecule has 0 atom stereocenters. The van der Waals surface area contributed by atoms with Crippen molar-refractivity contribution in [2.75, 3.05) is 26.2 Å². The molecule has 0 saturated carbocycles. The monoisotopic (exact) mass is 494 g/mol. The van der Waals surface area contributed by atoms with E-state index in [2.05, 4.69) is 0 Å². The zero-order valence-corrected chi connectivity index (χ0v) is 19.4. The number of hydrogen-bond donors (Lipinski definition) is 2. The highest BCUT2D eigenvalue weighted by Crippen LogP contribution is 2.28. The van der Waals surface area contributed by atoms with Crippen molar-refractivity contribution in [3.05, 3.63) is 105 Å². The Kier molecular flexibility index (Phi) is 7.00. The largest absolute Gasteiger partial charge is 0.504 e. The highest BCUT2D eigenvalue weighted by atomic mass is 19.1. The first-order valence-corrected chi connectivity index (χ1v) is 11.3. The van der Waals surface area contributed by atoms with E-state index in [4.69, 9.17) is 0 Å². The van der Waals surface area contributed by atoms with Gasteiger partial charge in [-0.15, -0.1) is 0 Å². The maximum atomic E-state index is 13.6. The first-order chi connectivity index (χ1) is 17.2. The van der Waals surface area contributed by atoms with Gasteiger partial charge in [-0.25, -0.2) is 8.78 Å². The maximum absolute atomic E-state index is 13.6. The summed E-state index contributed by atoms with van der Waals surface area (Å²) in [6, 6.07) is 13.3. The Morgan fingerprint density at radius 2 is 1.22 bits per heavy atom. The van der Waals surface area contributed by atoms with Gasteiger partial charge < -0.3 is 20.0 Å². The molecule has 3 aromatic rings. The third-order valence-corrected chi connectivity index (χ3v) is 6.29. The third kappa shape index (κ3) is 5.05. The van der Waals surface area contributed by atoms with Gasteiger partial charge in [0.05, 0.1) is 5.92 Å². The van der Waals surface area contributed by atoms with E-state index >= 15 is 0 Å². The number of aromatic hydroxyl groups is 2. The lowest BCUT2D eigenvalue weighted by Gasteiger charge is -2.36. The number of rotatable bonds is 4. The van der Waals surface area contributed by atoms with E-state index < -0.39 is 40.4 Å². The fraction of sp³-hybridized carbons (Fsp3) is 0.222. The molecule has 0 radical (unpaired) electrons. The molecule has 0 aromatic heterocycles. The van der Waals surface area contributed by atoms with Crippen LogP contribution in [0.2, 0.25) is 0 Å². The second-order valence-corrected chi connectivity index (χ2v) is 8.64. The molecule has 1 heterocycles. The number of piperazine rings is 1. The highest BCUT2D eigenvalue weighted by molar-refractivity contribution is 5.96. The van der Waals surface area contributed by atoms with E-state index in [0.717, 1.165) is 12.1 Å². The van der Waals surface area contributed by atoms with Gasteiger partial charge in [0, 0.05) is 31.7 Å². The van der Waals surface area contributed by atoms with Gasteiger partial charge >= 0.3 is 0 Å². The first kappa shape index (κ1) is 24.8. The van der Waals surface area contributed by atoms with Gasteiger partial charge in [-0.2, -0.15) is 0 Å². The SMILES string of the molecule is Cc1cc(O)c(=O)c(O)cc1C(=O)N1CCN(C(=O)C(c2ccc(F)cc2)c2ccc(F)cc2)CC1. The summed E-state index contributed by atoms with van der Waals surface area (Å²) in [5, 5.41) is 19.6. The lowest BCUT2D eigenvalue weighted by atomic mass is 9.89. The molecule has 36 heavy (non-hydrogen) atoms. The molecule has 2 amide bonds. The number of benzene rings is 2. The summed E-state index contributed by atoms with van der Waals surface area (Å²) in [5.74, 6) is -3.77. The van der Waals surface area contributed by atoms with Crippen LogP contribution in [0.3, 0.4) is 0 Å². The van der Waals surface area contributed by atoms with Crippen molar-refractivity contribution in [2.24, 2.45) is 0 Å². The first-order valence-electron chi connectivity index (χ1n) is 11.3. The molecule has 9 heteroatoms. The van der Waals surface area contributed by atoms with Crippen molar-refractivity contribution in [2.45, 2.75) is 12.8 Å². The Bertz CT molecular complexity index is 1310. The standard InChI is InChI=1S/C27H24F2N2O5/c1-16-14-22(32)25(34)23(33)15-21(16)26(35)30-10-12-31(13-11-30)27(36)24(17-2-6-19(28)7-3-17)18-4-8-20(29)9-5-18/h2-9,14-15,24H,10-13H2,1H3,(H2,32,33,34). The summed E-state index contributed by atoms with van der Waals surface area (Å²) >= 11 is 0. The Morgan fingerprint density at radius 1 is 0.778 bits per heavy atom. The second-order valence-electron chi connectivity index (χ2n) is 8.64. The van der Waals surface area contributed by atoms with Crippen LogP contribution in [0.1, 0.15) is 33.0 Å². The molecule has 1 fully saturated rings. The lowest BCUT2D eigenvalue weighted by molar-refractivity contribution is -0.133. The van der Waals surface area contributed by atoms with E-state index in [1.54, 1.807) is 11.8 Å². The molecule has 7 nitrogen and oxygen atoms in total. The molecule has 186 valence electrons. The lowest BCUT2D eigenvalue weighted by Crippen LogP contribution is -2.51. The number of hydrogen-bond acceptors (Lipinski definition) is 5. The average Bonchev–Trinajstić information content (AvgIpc) is 2.97. The van der Waals surface area contributed by atoms with Crippen LogP contribution in [0.4, 0.5) is 8.78 Å². The van der Waals surface area contributed by atoms with Crippen LogP contribution in [0.15, 0.2) is 65.5 Å². The molecule has 1 saturated heterocycles. The van der Waals surface area contributed by atoms with Crippen LogP contribution < -0.4 is 5.43 Å². The van der Waals surface area contributed by atoms with Crippen molar-refractivity contribution >= 4 is 11.8 Å². The molecule has 1 aliphatic rings. The van der Waals surface area contributed by atoms with Gasteiger partial charge in [0.15, 0.2) is 11.5 Å². The molecule has 1 aliphatic heterocycles. The Morgan fingerprint density at radius 3 is 1.72 bits per heavy atom. The zero-order valence-electron chi connectivity index (χ0n) is 19.4. The van der Waals surface area contributed by atoms with Crippen LogP contribution in [-0.2, 0) is 4.79 Å². The fourth-order valence-corrected chi connectivity index (χ4v) is 4.30. The van der Waals surface area contributed by atoms with Crippen LogP contribution in [0, 0.1) is 18.6 Å². The summed E-state index contributed by atoms with van der Waals surface area (Å²) in [5.41, 5.74) is 0.534. The van der Waals surface area contributed by atoms with E-state index in [-0.39, 0.29) is 37.6 Å². The summed E-state index contributed by atoms with van der Waals surface area (Å²) < 4.78 is 27.0. The number of aryl methyl sites for hydroxylation is 1. The molecular formula is C27H24F2N2O5. The van der Waals surface area contributed by atoms with E-state index in [9.17, 15) is 33.4 Å². The van der Waals surface area contributed by atoms with Crippen molar-refractivity contribution in [1.82, 2.24) is 9.80 Å². The minimum Gasteiger partial charge on any atom is -0.504 e. The summed E-state index contributed by atoms with van der Waals surface area (Å²) in [6.45, 7) is 2.36. The number of halogens is 2. The van der Waals surface area contributed by atoms with E-state index in [1.165, 1.54) is 53.4 Å². The molecule has 2 N–H and O–H groups in total. The number of amides is 2. The molecular weight excluding hydrogens is 470 g/mol. The minimum absolute atomic E-state index is 0.0696. The van der Waals surface area contributed by atoms with Crippen LogP contribution in [0.5, 0.6) is 11.5 Å². The predicted octanol–water partition coefficient (Wildman–Crippen LogP) is 3.16. The van der Waals surface area contributed by atoms with E-state index in [1.807, 2.05) is 0 Å². The normalized spacial score (nSPS) is 13.7. The maximum Gasteiger partial charge on any atom is 0.261 e. The van der Waals surface area contributed by atoms with Crippen molar-refractivity contribution in [3.63, 3.8) is 0 Å². The summed E-state index contributed by atoms with van der Waals surface area (Å²) in [7, 11) is 0. The third-order valence-electron chi connectivity index (χ3n) is 6.29. The van der Waals surface area contributed by atoms with Gasteiger partial charge in [0.1, 0.15) is 11.6 Å². The summed E-state index contributed by atoms with van der Waals surface area (Å²) in [6.07, 6.45) is 0. The Balaban J connectivity index is 1.54. The van der Waals surface area contributed by atoms with E-state index in [0.29, 0.717) is 16.7 Å². The average molecular weight is 494 g/mol. The van der Waals surface area contributed by atoms with Crippen molar-refractivity contribution in [1.29, 1.82) is 0 Å². The Labute approximate surface area is 205 Å². The zero-order chi connectivity index (χ0) is 26.0. The number of carbonyl (C=O) groups is 2. The molecule has 0 spiro atoms. The minimum atomic E-state index is -0.972.